The van der Waals surface area contributed by atoms with Gasteiger partial charge in [-0.3, -0.25) is 4.79 Å². The number of oxazole rings is 1. The van der Waals surface area contributed by atoms with Crippen LogP contribution in [-0.2, 0) is 11.2 Å². The van der Waals surface area contributed by atoms with Crippen LogP contribution < -0.4 is 0 Å². The van der Waals surface area contributed by atoms with Gasteiger partial charge in [0.05, 0.1) is 5.69 Å². The largest absolute Gasteiger partial charge is 0.449 e. The van der Waals surface area contributed by atoms with Gasteiger partial charge in [-0.2, -0.15) is 0 Å². The Morgan fingerprint density at radius 1 is 1.39 bits per heavy atom. The van der Waals surface area contributed by atoms with Crippen molar-refractivity contribution in [3.05, 3.63) is 17.8 Å². The molecule has 0 aromatic carbocycles. The lowest BCUT2D eigenvalue weighted by atomic mass is 10.2. The molecular weight excluding hydrogens is 230 g/mol. The molecule has 1 amide bonds. The number of hydrogen-bond acceptors (Lipinski definition) is 4. The number of hydrogen-bond donors (Lipinski definition) is 0. The number of rotatable bonds is 4. The zero-order chi connectivity index (χ0) is 13.0. The van der Waals surface area contributed by atoms with Gasteiger partial charge in [-0.1, -0.05) is 6.92 Å². The molecule has 0 aliphatic carbocycles. The smallest absolute Gasteiger partial charge is 0.223 e. The van der Waals surface area contributed by atoms with E-state index in [4.69, 9.17) is 4.42 Å². The van der Waals surface area contributed by atoms with E-state index in [9.17, 15) is 4.79 Å². The summed E-state index contributed by atoms with van der Waals surface area (Å²) in [7, 11) is 0. The Labute approximate surface area is 108 Å². The van der Waals surface area contributed by atoms with Gasteiger partial charge in [0, 0.05) is 45.9 Å². The molecule has 1 aliphatic heterocycles. The van der Waals surface area contributed by atoms with E-state index in [1.807, 2.05) is 11.8 Å². The molecule has 0 spiro atoms. The molecule has 0 unspecified atom stereocenters. The maximum absolute atomic E-state index is 12.0. The molecule has 2 rings (SSSR count). The lowest BCUT2D eigenvalue weighted by molar-refractivity contribution is -0.132. The van der Waals surface area contributed by atoms with E-state index in [1.54, 1.807) is 6.26 Å². The van der Waals surface area contributed by atoms with Crippen LogP contribution in [-0.4, -0.2) is 53.4 Å². The summed E-state index contributed by atoms with van der Waals surface area (Å²) in [5, 5.41) is 0. The maximum Gasteiger partial charge on any atom is 0.223 e. The summed E-state index contributed by atoms with van der Waals surface area (Å²) in [6.07, 6.45) is 2.83. The van der Waals surface area contributed by atoms with Crippen molar-refractivity contribution in [2.45, 2.75) is 26.7 Å². The summed E-state index contributed by atoms with van der Waals surface area (Å²) in [5.41, 5.74) is 0.869. The third-order valence-electron chi connectivity index (χ3n) is 3.43. The van der Waals surface area contributed by atoms with Crippen LogP contribution in [0.15, 0.2) is 10.7 Å². The van der Waals surface area contributed by atoms with Crippen LogP contribution in [0.2, 0.25) is 0 Å². The normalized spacial score (nSPS) is 17.1. The van der Waals surface area contributed by atoms with Gasteiger partial charge in [0.2, 0.25) is 5.91 Å². The molecule has 0 saturated carbocycles. The first-order valence-corrected chi connectivity index (χ1v) is 6.60. The highest BCUT2D eigenvalue weighted by Gasteiger charge is 2.19. The standard InChI is InChI=1S/C13H21N3O2/c1-3-15-6-8-16(9-7-15)13(17)5-4-12-10-18-11(2)14-12/h10H,3-9H2,1-2H3. The van der Waals surface area contributed by atoms with Crippen LogP contribution in [0.3, 0.4) is 0 Å². The first-order valence-electron chi connectivity index (χ1n) is 6.60. The van der Waals surface area contributed by atoms with Crippen molar-refractivity contribution in [2.75, 3.05) is 32.7 Å². The van der Waals surface area contributed by atoms with Gasteiger partial charge in [-0.05, 0) is 6.54 Å². The van der Waals surface area contributed by atoms with Gasteiger partial charge in [0.25, 0.3) is 0 Å². The van der Waals surface area contributed by atoms with Crippen LogP contribution in [0.5, 0.6) is 0 Å². The molecule has 1 aromatic heterocycles. The summed E-state index contributed by atoms with van der Waals surface area (Å²) in [4.78, 5) is 20.6. The third-order valence-corrected chi connectivity index (χ3v) is 3.43. The molecule has 0 radical (unpaired) electrons. The van der Waals surface area contributed by atoms with Crippen LogP contribution in [0, 0.1) is 6.92 Å². The zero-order valence-corrected chi connectivity index (χ0v) is 11.2. The molecule has 1 fully saturated rings. The molecule has 0 atom stereocenters. The van der Waals surface area contributed by atoms with Gasteiger partial charge in [-0.15, -0.1) is 0 Å². The van der Waals surface area contributed by atoms with E-state index >= 15 is 0 Å². The molecule has 100 valence electrons. The summed E-state index contributed by atoms with van der Waals surface area (Å²) >= 11 is 0. The van der Waals surface area contributed by atoms with E-state index < -0.39 is 0 Å². The van der Waals surface area contributed by atoms with Gasteiger partial charge in [-0.25, -0.2) is 4.98 Å². The Morgan fingerprint density at radius 3 is 2.67 bits per heavy atom. The molecule has 5 heteroatoms. The Balaban J connectivity index is 1.75. The second-order valence-electron chi connectivity index (χ2n) is 4.67. The predicted molar refractivity (Wildman–Crippen MR) is 68.3 cm³/mol. The van der Waals surface area contributed by atoms with Crippen molar-refractivity contribution in [2.24, 2.45) is 0 Å². The van der Waals surface area contributed by atoms with Crippen LogP contribution in [0.25, 0.3) is 0 Å². The Hall–Kier alpha value is -1.36. The highest BCUT2D eigenvalue weighted by atomic mass is 16.3. The van der Waals surface area contributed by atoms with E-state index in [1.165, 1.54) is 0 Å². The quantitative estimate of drug-likeness (QED) is 0.803. The van der Waals surface area contributed by atoms with Crippen molar-refractivity contribution in [3.8, 4) is 0 Å². The molecule has 0 bridgehead atoms. The second kappa shape index (κ2) is 6.00. The van der Waals surface area contributed by atoms with Crippen molar-refractivity contribution in [3.63, 3.8) is 0 Å². The SMILES string of the molecule is CCN1CCN(C(=O)CCc2coc(C)n2)CC1. The van der Waals surface area contributed by atoms with Crippen molar-refractivity contribution >= 4 is 5.91 Å². The number of piperazine rings is 1. The first-order chi connectivity index (χ1) is 8.69. The molecule has 1 aromatic rings. The van der Waals surface area contributed by atoms with Gasteiger partial charge >= 0.3 is 0 Å². The summed E-state index contributed by atoms with van der Waals surface area (Å²) in [6.45, 7) is 8.73. The predicted octanol–water partition coefficient (Wildman–Crippen LogP) is 1.08. The Morgan fingerprint density at radius 2 is 2.11 bits per heavy atom. The average molecular weight is 251 g/mol. The summed E-state index contributed by atoms with van der Waals surface area (Å²) < 4.78 is 5.13. The van der Waals surface area contributed by atoms with E-state index in [-0.39, 0.29) is 5.91 Å². The molecule has 2 heterocycles. The van der Waals surface area contributed by atoms with Crippen LogP contribution in [0.1, 0.15) is 24.9 Å². The fraction of sp³-hybridized carbons (Fsp3) is 0.692. The Kier molecular flexibility index (Phi) is 4.36. The van der Waals surface area contributed by atoms with Crippen LogP contribution >= 0.6 is 0 Å². The Bertz CT molecular complexity index is 395. The molecule has 1 saturated heterocycles. The van der Waals surface area contributed by atoms with Gasteiger partial charge < -0.3 is 14.2 Å². The molecule has 0 N–H and O–H groups in total. The number of carbonyl (C=O) groups excluding carboxylic acids is 1. The lowest BCUT2D eigenvalue weighted by Crippen LogP contribution is -2.48. The van der Waals surface area contributed by atoms with E-state index in [0.717, 1.165) is 38.4 Å². The summed E-state index contributed by atoms with van der Waals surface area (Å²) in [6, 6.07) is 0. The fourth-order valence-electron chi connectivity index (χ4n) is 2.23. The van der Waals surface area contributed by atoms with Crippen LogP contribution in [0.4, 0.5) is 0 Å². The minimum absolute atomic E-state index is 0.228. The average Bonchev–Trinajstić information content (AvgIpc) is 2.82. The first kappa shape index (κ1) is 13.1. The number of likely N-dealkylation sites (N-methyl/N-ethyl adjacent to an activating group) is 1. The van der Waals surface area contributed by atoms with Crippen molar-refractivity contribution < 1.29 is 9.21 Å². The number of aryl methyl sites for hydroxylation is 2. The zero-order valence-electron chi connectivity index (χ0n) is 11.2. The fourth-order valence-corrected chi connectivity index (χ4v) is 2.23. The monoisotopic (exact) mass is 251 g/mol. The molecule has 1 aliphatic rings. The van der Waals surface area contributed by atoms with Crippen molar-refractivity contribution in [1.29, 1.82) is 0 Å². The number of aromatic nitrogens is 1. The third kappa shape index (κ3) is 3.32. The number of carbonyl (C=O) groups is 1. The minimum Gasteiger partial charge on any atom is -0.449 e. The van der Waals surface area contributed by atoms with Gasteiger partial charge in [0.15, 0.2) is 5.89 Å². The number of nitrogens with zero attached hydrogens (tertiary/aromatic N) is 3. The van der Waals surface area contributed by atoms with E-state index in [2.05, 4.69) is 16.8 Å². The summed E-state index contributed by atoms with van der Waals surface area (Å²) in [5.74, 6) is 0.889. The molecular formula is C13H21N3O2. The molecule has 5 nitrogen and oxygen atoms in total. The second-order valence-corrected chi connectivity index (χ2v) is 4.67. The topological polar surface area (TPSA) is 49.6 Å². The highest BCUT2D eigenvalue weighted by molar-refractivity contribution is 5.76. The minimum atomic E-state index is 0.228. The van der Waals surface area contributed by atoms with E-state index in [0.29, 0.717) is 18.7 Å². The molecule has 18 heavy (non-hydrogen) atoms. The van der Waals surface area contributed by atoms with Crippen molar-refractivity contribution in [1.82, 2.24) is 14.8 Å². The number of amides is 1. The van der Waals surface area contributed by atoms with Gasteiger partial charge in [0.1, 0.15) is 6.26 Å². The lowest BCUT2D eigenvalue weighted by Gasteiger charge is -2.34. The maximum atomic E-state index is 12.0. The highest BCUT2D eigenvalue weighted by Crippen LogP contribution is 2.07.